The van der Waals surface area contributed by atoms with E-state index in [1.165, 1.54) is 5.56 Å². The number of morpholine rings is 1. The van der Waals surface area contributed by atoms with Crippen molar-refractivity contribution in [2.24, 2.45) is 0 Å². The summed E-state index contributed by atoms with van der Waals surface area (Å²) >= 11 is 0. The highest BCUT2D eigenvalue weighted by Crippen LogP contribution is 2.25. The molecule has 0 N–H and O–H groups in total. The fourth-order valence-electron chi connectivity index (χ4n) is 2.60. The molecule has 0 spiro atoms. The molecule has 1 aliphatic heterocycles. The Hall–Kier alpha value is -1.19. The molecule has 19 heavy (non-hydrogen) atoms. The molecular weight excluding hydrogens is 238 g/mol. The van der Waals surface area contributed by atoms with Crippen LogP contribution in [0, 0.1) is 6.92 Å². The number of hydrogen-bond acceptors (Lipinski definition) is 3. The minimum atomic E-state index is -0.418. The SMILES string of the molecule is CCC(C)(C(=O)c1ccc(C)cc1)N1CCOCC1. The van der Waals surface area contributed by atoms with Crippen molar-refractivity contribution < 1.29 is 9.53 Å². The van der Waals surface area contributed by atoms with Crippen LogP contribution in [0.25, 0.3) is 0 Å². The third kappa shape index (κ3) is 2.88. The maximum atomic E-state index is 12.8. The maximum Gasteiger partial charge on any atom is 0.182 e. The molecule has 0 bridgehead atoms. The first-order valence-corrected chi connectivity index (χ1v) is 7.02. The van der Waals surface area contributed by atoms with Gasteiger partial charge in [0.25, 0.3) is 0 Å². The lowest BCUT2D eigenvalue weighted by Crippen LogP contribution is -2.56. The van der Waals surface area contributed by atoms with Crippen LogP contribution in [0.1, 0.15) is 36.2 Å². The molecule has 0 saturated carbocycles. The molecular formula is C16H23NO2. The van der Waals surface area contributed by atoms with E-state index in [2.05, 4.69) is 18.7 Å². The first-order valence-electron chi connectivity index (χ1n) is 7.02. The molecule has 1 saturated heterocycles. The Bertz CT molecular complexity index is 435. The zero-order chi connectivity index (χ0) is 13.9. The topological polar surface area (TPSA) is 29.5 Å². The molecule has 1 unspecified atom stereocenters. The summed E-state index contributed by atoms with van der Waals surface area (Å²) in [4.78, 5) is 15.1. The Morgan fingerprint density at radius 1 is 1.26 bits per heavy atom. The molecule has 0 radical (unpaired) electrons. The Balaban J connectivity index is 2.24. The number of ether oxygens (including phenoxy) is 1. The molecule has 0 amide bonds. The summed E-state index contributed by atoms with van der Waals surface area (Å²) in [6.07, 6.45) is 0.819. The lowest BCUT2D eigenvalue weighted by Gasteiger charge is -2.41. The van der Waals surface area contributed by atoms with Gasteiger partial charge in [0, 0.05) is 18.7 Å². The number of carbonyl (C=O) groups excluding carboxylic acids is 1. The molecule has 3 heteroatoms. The quantitative estimate of drug-likeness (QED) is 0.780. The Kier molecular flexibility index (Phi) is 4.38. The summed E-state index contributed by atoms with van der Waals surface area (Å²) in [5, 5.41) is 0. The number of Topliss-reactive ketones (excluding diaryl/α,β-unsaturated/α-hetero) is 1. The molecule has 2 rings (SSSR count). The van der Waals surface area contributed by atoms with Crippen molar-refractivity contribution in [2.75, 3.05) is 26.3 Å². The summed E-state index contributed by atoms with van der Waals surface area (Å²) in [5.74, 6) is 0.219. The zero-order valence-corrected chi connectivity index (χ0v) is 12.1. The highest BCUT2D eigenvalue weighted by Gasteiger charge is 2.38. The van der Waals surface area contributed by atoms with Crippen molar-refractivity contribution in [1.82, 2.24) is 4.90 Å². The molecule has 0 aliphatic carbocycles. The highest BCUT2D eigenvalue weighted by atomic mass is 16.5. The molecule has 1 fully saturated rings. The van der Waals surface area contributed by atoms with Crippen LogP contribution >= 0.6 is 0 Å². The van der Waals surface area contributed by atoms with Crippen LogP contribution in [-0.2, 0) is 4.74 Å². The van der Waals surface area contributed by atoms with Gasteiger partial charge in [0.1, 0.15) is 0 Å². The van der Waals surface area contributed by atoms with Gasteiger partial charge in [0.15, 0.2) is 5.78 Å². The number of benzene rings is 1. The minimum absolute atomic E-state index is 0.219. The van der Waals surface area contributed by atoms with Gasteiger partial charge in [-0.25, -0.2) is 0 Å². The van der Waals surface area contributed by atoms with Crippen molar-refractivity contribution >= 4 is 5.78 Å². The minimum Gasteiger partial charge on any atom is -0.379 e. The summed E-state index contributed by atoms with van der Waals surface area (Å²) in [7, 11) is 0. The normalized spacial score (nSPS) is 19.9. The lowest BCUT2D eigenvalue weighted by atomic mass is 9.86. The second-order valence-corrected chi connectivity index (χ2v) is 5.42. The maximum absolute atomic E-state index is 12.8. The molecule has 104 valence electrons. The predicted octanol–water partition coefficient (Wildman–Crippen LogP) is 2.68. The third-order valence-corrected chi connectivity index (χ3v) is 4.20. The van der Waals surface area contributed by atoms with Gasteiger partial charge in [-0.05, 0) is 20.3 Å². The van der Waals surface area contributed by atoms with Crippen LogP contribution in [0.15, 0.2) is 24.3 Å². The van der Waals surface area contributed by atoms with E-state index in [9.17, 15) is 4.79 Å². The predicted molar refractivity (Wildman–Crippen MR) is 76.6 cm³/mol. The number of ketones is 1. The lowest BCUT2D eigenvalue weighted by molar-refractivity contribution is -0.0106. The molecule has 1 aromatic carbocycles. The smallest absolute Gasteiger partial charge is 0.182 e. The molecule has 1 aromatic rings. The van der Waals surface area contributed by atoms with Crippen LogP contribution in [0.3, 0.4) is 0 Å². The van der Waals surface area contributed by atoms with E-state index in [0.717, 1.165) is 38.3 Å². The molecule has 0 aromatic heterocycles. The van der Waals surface area contributed by atoms with Crippen LogP contribution < -0.4 is 0 Å². The van der Waals surface area contributed by atoms with Gasteiger partial charge < -0.3 is 4.74 Å². The highest BCUT2D eigenvalue weighted by molar-refractivity contribution is 6.03. The summed E-state index contributed by atoms with van der Waals surface area (Å²) in [5.41, 5.74) is 1.57. The third-order valence-electron chi connectivity index (χ3n) is 4.20. The van der Waals surface area contributed by atoms with Gasteiger partial charge >= 0.3 is 0 Å². The van der Waals surface area contributed by atoms with Crippen molar-refractivity contribution in [1.29, 1.82) is 0 Å². The van der Waals surface area contributed by atoms with Crippen molar-refractivity contribution in [3.05, 3.63) is 35.4 Å². The standard InChI is InChI=1S/C16H23NO2/c1-4-16(3,17-9-11-19-12-10-17)15(18)14-7-5-13(2)6-8-14/h5-8H,4,9-12H2,1-3H3. The van der Waals surface area contributed by atoms with E-state index in [1.807, 2.05) is 31.2 Å². The van der Waals surface area contributed by atoms with Gasteiger partial charge in [-0.1, -0.05) is 36.8 Å². The van der Waals surface area contributed by atoms with Crippen LogP contribution in [-0.4, -0.2) is 42.5 Å². The fourth-order valence-corrected chi connectivity index (χ4v) is 2.60. The average Bonchev–Trinajstić information content (AvgIpc) is 2.47. The Morgan fingerprint density at radius 3 is 2.37 bits per heavy atom. The second-order valence-electron chi connectivity index (χ2n) is 5.42. The first kappa shape index (κ1) is 14.2. The zero-order valence-electron chi connectivity index (χ0n) is 12.1. The summed E-state index contributed by atoms with van der Waals surface area (Å²) < 4.78 is 5.39. The van der Waals surface area contributed by atoms with E-state index in [4.69, 9.17) is 4.74 Å². The van der Waals surface area contributed by atoms with Crippen molar-refractivity contribution in [2.45, 2.75) is 32.7 Å². The van der Waals surface area contributed by atoms with Crippen LogP contribution in [0.2, 0.25) is 0 Å². The van der Waals surface area contributed by atoms with Crippen molar-refractivity contribution in [3.8, 4) is 0 Å². The van der Waals surface area contributed by atoms with Gasteiger partial charge in [-0.3, -0.25) is 9.69 Å². The molecule has 1 atom stereocenters. The molecule has 1 aliphatic rings. The Labute approximate surface area is 115 Å². The first-order chi connectivity index (χ1) is 9.08. The summed E-state index contributed by atoms with van der Waals surface area (Å²) in [6.45, 7) is 9.29. The number of carbonyl (C=O) groups is 1. The van der Waals surface area contributed by atoms with Crippen molar-refractivity contribution in [3.63, 3.8) is 0 Å². The van der Waals surface area contributed by atoms with Crippen LogP contribution in [0.4, 0.5) is 0 Å². The second kappa shape index (κ2) is 5.85. The molecule has 1 heterocycles. The Morgan fingerprint density at radius 2 is 1.84 bits per heavy atom. The number of nitrogens with zero attached hydrogens (tertiary/aromatic N) is 1. The molecule has 3 nitrogen and oxygen atoms in total. The van der Waals surface area contributed by atoms with E-state index < -0.39 is 5.54 Å². The average molecular weight is 261 g/mol. The van der Waals surface area contributed by atoms with E-state index in [0.29, 0.717) is 0 Å². The van der Waals surface area contributed by atoms with Gasteiger partial charge in [-0.2, -0.15) is 0 Å². The van der Waals surface area contributed by atoms with E-state index >= 15 is 0 Å². The number of aryl methyl sites for hydroxylation is 1. The van der Waals surface area contributed by atoms with Crippen LogP contribution in [0.5, 0.6) is 0 Å². The fraction of sp³-hybridized carbons (Fsp3) is 0.562. The largest absolute Gasteiger partial charge is 0.379 e. The number of rotatable bonds is 4. The van der Waals surface area contributed by atoms with Gasteiger partial charge in [-0.15, -0.1) is 0 Å². The van der Waals surface area contributed by atoms with Gasteiger partial charge in [0.05, 0.1) is 18.8 Å². The monoisotopic (exact) mass is 261 g/mol. The number of hydrogen-bond donors (Lipinski definition) is 0. The van der Waals surface area contributed by atoms with E-state index in [1.54, 1.807) is 0 Å². The van der Waals surface area contributed by atoms with E-state index in [-0.39, 0.29) is 5.78 Å². The van der Waals surface area contributed by atoms with Gasteiger partial charge in [0.2, 0.25) is 0 Å². The summed E-state index contributed by atoms with van der Waals surface area (Å²) in [6, 6.07) is 7.88.